The van der Waals surface area contributed by atoms with E-state index in [9.17, 15) is 4.39 Å². The predicted octanol–water partition coefficient (Wildman–Crippen LogP) is 2.92. The molecule has 0 aliphatic rings. The van der Waals surface area contributed by atoms with Crippen molar-refractivity contribution in [3.8, 4) is 17.9 Å². The zero-order valence-corrected chi connectivity index (χ0v) is 9.05. The van der Waals surface area contributed by atoms with Crippen LogP contribution in [-0.4, -0.2) is 7.11 Å². The van der Waals surface area contributed by atoms with Gasteiger partial charge in [-0.2, -0.15) is 10.5 Å². The number of rotatable bonds is 2. The number of hydrogen-bond acceptors (Lipinski definition) is 3. The lowest BCUT2D eigenvalue weighted by Crippen LogP contribution is -1.91. The van der Waals surface area contributed by atoms with Crippen molar-refractivity contribution in [1.29, 1.82) is 10.5 Å². The SMILES string of the molecule is COc1ccc(C=C(C#N)C#N)c(Cl)c1F. The Kier molecular flexibility index (Phi) is 3.88. The van der Waals surface area contributed by atoms with Crippen molar-refractivity contribution in [2.45, 2.75) is 0 Å². The molecule has 3 nitrogen and oxygen atoms in total. The van der Waals surface area contributed by atoms with Crippen LogP contribution in [0.2, 0.25) is 5.02 Å². The molecular weight excluding hydrogens is 231 g/mol. The van der Waals surface area contributed by atoms with Crippen LogP contribution in [0, 0.1) is 28.5 Å². The van der Waals surface area contributed by atoms with Crippen molar-refractivity contribution in [2.24, 2.45) is 0 Å². The number of hydrogen-bond donors (Lipinski definition) is 0. The molecule has 1 aromatic carbocycles. The van der Waals surface area contributed by atoms with E-state index in [0.29, 0.717) is 0 Å². The van der Waals surface area contributed by atoms with Crippen LogP contribution in [0.25, 0.3) is 6.08 Å². The van der Waals surface area contributed by atoms with Crippen LogP contribution in [0.15, 0.2) is 17.7 Å². The van der Waals surface area contributed by atoms with Crippen LogP contribution < -0.4 is 4.74 Å². The predicted molar refractivity (Wildman–Crippen MR) is 57.2 cm³/mol. The molecule has 0 atom stereocenters. The topological polar surface area (TPSA) is 56.8 Å². The van der Waals surface area contributed by atoms with Gasteiger partial charge in [-0.05, 0) is 23.8 Å². The van der Waals surface area contributed by atoms with Crippen molar-refractivity contribution in [2.75, 3.05) is 7.11 Å². The van der Waals surface area contributed by atoms with Crippen molar-refractivity contribution in [3.05, 3.63) is 34.1 Å². The highest BCUT2D eigenvalue weighted by Gasteiger charge is 2.11. The number of benzene rings is 1. The van der Waals surface area contributed by atoms with Crippen molar-refractivity contribution in [1.82, 2.24) is 0 Å². The molecule has 0 saturated carbocycles. The third kappa shape index (κ3) is 2.31. The highest BCUT2D eigenvalue weighted by Crippen LogP contribution is 2.29. The molecule has 0 saturated heterocycles. The average Bonchev–Trinajstić information content (AvgIpc) is 2.31. The average molecular weight is 237 g/mol. The summed E-state index contributed by atoms with van der Waals surface area (Å²) in [5.74, 6) is -0.703. The highest BCUT2D eigenvalue weighted by molar-refractivity contribution is 6.32. The lowest BCUT2D eigenvalue weighted by molar-refractivity contribution is 0.386. The second-order valence-corrected chi connectivity index (χ2v) is 3.14. The molecule has 0 fully saturated rings. The van der Waals surface area contributed by atoms with Crippen LogP contribution in [0.4, 0.5) is 4.39 Å². The molecule has 0 spiro atoms. The molecule has 0 aliphatic heterocycles. The molecule has 0 aromatic heterocycles. The van der Waals surface area contributed by atoms with Crippen LogP contribution in [0.1, 0.15) is 5.56 Å². The Morgan fingerprint density at radius 3 is 2.56 bits per heavy atom. The summed E-state index contributed by atoms with van der Waals surface area (Å²) in [6, 6.07) is 6.17. The van der Waals surface area contributed by atoms with Gasteiger partial charge < -0.3 is 4.74 Å². The Morgan fingerprint density at radius 1 is 1.44 bits per heavy atom. The first-order valence-corrected chi connectivity index (χ1v) is 4.55. The van der Waals surface area contributed by atoms with Crippen LogP contribution >= 0.6 is 11.6 Å². The third-order valence-corrected chi connectivity index (χ3v) is 2.22. The van der Waals surface area contributed by atoms with Gasteiger partial charge in [-0.25, -0.2) is 4.39 Å². The lowest BCUT2D eigenvalue weighted by Gasteiger charge is -2.05. The van der Waals surface area contributed by atoms with Crippen LogP contribution in [-0.2, 0) is 0 Å². The summed E-state index contributed by atoms with van der Waals surface area (Å²) in [7, 11) is 1.32. The Hall–Kier alpha value is -2.04. The fourth-order valence-electron chi connectivity index (χ4n) is 1.06. The van der Waals surface area contributed by atoms with Gasteiger partial charge in [-0.3, -0.25) is 0 Å². The van der Waals surface area contributed by atoms with E-state index < -0.39 is 5.82 Å². The van der Waals surface area contributed by atoms with E-state index in [4.69, 9.17) is 26.9 Å². The summed E-state index contributed by atoms with van der Waals surface area (Å²) in [6.45, 7) is 0. The molecule has 16 heavy (non-hydrogen) atoms. The fourth-order valence-corrected chi connectivity index (χ4v) is 1.27. The van der Waals surface area contributed by atoms with E-state index in [0.717, 1.165) is 0 Å². The van der Waals surface area contributed by atoms with Crippen LogP contribution in [0.3, 0.4) is 0 Å². The zero-order chi connectivity index (χ0) is 12.1. The van der Waals surface area contributed by atoms with E-state index in [2.05, 4.69) is 0 Å². The van der Waals surface area contributed by atoms with Crippen molar-refractivity contribution in [3.63, 3.8) is 0 Å². The molecule has 0 bridgehead atoms. The molecular formula is C11H6ClFN2O. The monoisotopic (exact) mass is 236 g/mol. The third-order valence-electron chi connectivity index (χ3n) is 1.84. The normalized spacial score (nSPS) is 8.81. The maximum atomic E-state index is 13.5. The van der Waals surface area contributed by atoms with Gasteiger partial charge in [0.2, 0.25) is 0 Å². The van der Waals surface area contributed by atoms with E-state index in [-0.39, 0.29) is 21.9 Å². The van der Waals surface area contributed by atoms with Gasteiger partial charge in [0.15, 0.2) is 11.6 Å². The summed E-state index contributed by atoms with van der Waals surface area (Å²) >= 11 is 5.72. The minimum atomic E-state index is -0.715. The molecule has 0 amide bonds. The molecule has 0 N–H and O–H groups in total. The number of methoxy groups -OCH3 is 1. The van der Waals surface area contributed by atoms with Gasteiger partial charge >= 0.3 is 0 Å². The lowest BCUT2D eigenvalue weighted by atomic mass is 10.1. The zero-order valence-electron chi connectivity index (χ0n) is 8.29. The number of nitriles is 2. The number of allylic oxidation sites excluding steroid dienone is 1. The largest absolute Gasteiger partial charge is 0.494 e. The first-order valence-electron chi connectivity index (χ1n) is 4.18. The van der Waals surface area contributed by atoms with Gasteiger partial charge in [0, 0.05) is 0 Å². The Bertz CT molecular complexity index is 510. The summed E-state index contributed by atoms with van der Waals surface area (Å²) < 4.78 is 18.2. The maximum absolute atomic E-state index is 13.5. The molecule has 1 rings (SSSR count). The molecule has 80 valence electrons. The molecule has 0 heterocycles. The number of halogens is 2. The Balaban J connectivity index is 3.30. The first kappa shape index (κ1) is 12.0. The Morgan fingerprint density at radius 2 is 2.06 bits per heavy atom. The quantitative estimate of drug-likeness (QED) is 0.742. The first-order chi connectivity index (χ1) is 7.63. The number of nitrogens with zero attached hydrogens (tertiary/aromatic N) is 2. The highest BCUT2D eigenvalue weighted by atomic mass is 35.5. The van der Waals surface area contributed by atoms with Gasteiger partial charge in [0.05, 0.1) is 12.1 Å². The van der Waals surface area contributed by atoms with Gasteiger partial charge in [0.1, 0.15) is 17.7 Å². The van der Waals surface area contributed by atoms with E-state index in [1.165, 1.54) is 25.3 Å². The standard InChI is InChI=1S/C11H6ClFN2O/c1-16-9-3-2-8(10(12)11(9)13)4-7(5-14)6-15/h2-4H,1H3. The molecule has 0 unspecified atom stereocenters. The Labute approximate surface area is 96.9 Å². The minimum Gasteiger partial charge on any atom is -0.494 e. The van der Waals surface area contributed by atoms with E-state index in [1.807, 2.05) is 0 Å². The fraction of sp³-hybridized carbons (Fsp3) is 0.0909. The molecule has 0 radical (unpaired) electrons. The maximum Gasteiger partial charge on any atom is 0.184 e. The summed E-state index contributed by atoms with van der Waals surface area (Å²) in [5.41, 5.74) is 0.115. The van der Waals surface area contributed by atoms with Gasteiger partial charge in [-0.15, -0.1) is 0 Å². The van der Waals surface area contributed by atoms with Gasteiger partial charge in [0.25, 0.3) is 0 Å². The second-order valence-electron chi connectivity index (χ2n) is 2.77. The number of ether oxygens (including phenoxy) is 1. The second kappa shape index (κ2) is 5.16. The molecule has 1 aromatic rings. The summed E-state index contributed by atoms with van der Waals surface area (Å²) in [5, 5.41) is 16.9. The van der Waals surface area contributed by atoms with Gasteiger partial charge in [-0.1, -0.05) is 11.6 Å². The van der Waals surface area contributed by atoms with E-state index in [1.54, 1.807) is 12.1 Å². The smallest absolute Gasteiger partial charge is 0.184 e. The van der Waals surface area contributed by atoms with Crippen molar-refractivity contribution < 1.29 is 9.13 Å². The minimum absolute atomic E-state index is 0.0117. The van der Waals surface area contributed by atoms with Crippen LogP contribution in [0.5, 0.6) is 5.75 Å². The van der Waals surface area contributed by atoms with E-state index >= 15 is 0 Å². The molecule has 5 heteroatoms. The summed E-state index contributed by atoms with van der Waals surface area (Å²) in [4.78, 5) is 0. The summed E-state index contributed by atoms with van der Waals surface area (Å²) in [6.07, 6.45) is 1.21. The molecule has 0 aliphatic carbocycles. The van der Waals surface area contributed by atoms with Crippen molar-refractivity contribution >= 4 is 17.7 Å².